The number of aliphatic carboxylic acids is 1. The first-order chi connectivity index (χ1) is 12.2. The zero-order valence-corrected chi connectivity index (χ0v) is 14.7. The Hall–Kier alpha value is -2.68. The molecule has 2 bridgehead atoms. The molecule has 2 aliphatic rings. The van der Waals surface area contributed by atoms with Crippen molar-refractivity contribution in [3.8, 4) is 0 Å². The van der Waals surface area contributed by atoms with Crippen LogP contribution in [0, 0.1) is 23.7 Å². The maximum absolute atomic E-state index is 12.5. The van der Waals surface area contributed by atoms with Crippen LogP contribution in [-0.2, 0) is 24.4 Å². The molecule has 2 aliphatic carbocycles. The lowest BCUT2D eigenvalue weighted by Crippen LogP contribution is -2.42. The summed E-state index contributed by atoms with van der Waals surface area (Å²) in [5, 5.41) is 14.0. The average Bonchev–Trinajstić information content (AvgIpc) is 3.15. The highest BCUT2D eigenvalue weighted by Crippen LogP contribution is 2.48. The maximum atomic E-state index is 12.5. The zero-order chi connectivity index (χ0) is 19.1. The van der Waals surface area contributed by atoms with E-state index in [2.05, 4.69) is 5.32 Å². The number of rotatable bonds is 5. The van der Waals surface area contributed by atoms with Gasteiger partial charge in [-0.15, -0.1) is 0 Å². The van der Waals surface area contributed by atoms with Crippen LogP contribution in [0.2, 0.25) is 0 Å². The first-order valence-electron chi connectivity index (χ1n) is 8.02. The first-order valence-corrected chi connectivity index (χ1v) is 9.51. The number of sulfonamides is 1. The van der Waals surface area contributed by atoms with Crippen molar-refractivity contribution >= 4 is 33.5 Å². The molecule has 0 heterocycles. The second-order valence-electron chi connectivity index (χ2n) is 6.49. The van der Waals surface area contributed by atoms with Gasteiger partial charge >= 0.3 is 0 Å². The monoisotopic (exact) mass is 377 g/mol. The number of carboxylic acids is 1. The summed E-state index contributed by atoms with van der Waals surface area (Å²) in [5.74, 6) is -4.28. The Morgan fingerprint density at radius 1 is 1.04 bits per heavy atom. The topological polar surface area (TPSA) is 132 Å². The van der Waals surface area contributed by atoms with Gasteiger partial charge in [-0.1, -0.05) is 12.2 Å². The molecule has 1 aromatic rings. The van der Waals surface area contributed by atoms with Crippen LogP contribution in [0.3, 0.4) is 0 Å². The molecule has 4 atom stereocenters. The van der Waals surface area contributed by atoms with Gasteiger partial charge < -0.3 is 15.2 Å². The van der Waals surface area contributed by atoms with E-state index in [1.807, 2.05) is 16.9 Å². The van der Waals surface area contributed by atoms with Gasteiger partial charge in [0, 0.05) is 24.5 Å². The van der Waals surface area contributed by atoms with E-state index in [1.54, 1.807) is 0 Å². The second kappa shape index (κ2) is 6.56. The number of nitrogens with one attached hydrogen (secondary N) is 2. The van der Waals surface area contributed by atoms with Gasteiger partial charge in [0.05, 0.1) is 10.8 Å². The van der Waals surface area contributed by atoms with Crippen molar-refractivity contribution in [2.75, 3.05) is 5.32 Å². The smallest absolute Gasteiger partial charge is 0.264 e. The lowest BCUT2D eigenvalue weighted by Gasteiger charge is -2.27. The molecule has 1 saturated carbocycles. The van der Waals surface area contributed by atoms with Gasteiger partial charge in [0.15, 0.2) is 0 Å². The van der Waals surface area contributed by atoms with Crippen molar-refractivity contribution in [3.63, 3.8) is 0 Å². The van der Waals surface area contributed by atoms with E-state index in [0.717, 1.165) is 6.92 Å². The van der Waals surface area contributed by atoms with Crippen molar-refractivity contribution in [1.29, 1.82) is 0 Å². The molecule has 3 rings (SSSR count). The van der Waals surface area contributed by atoms with Gasteiger partial charge in [0.1, 0.15) is 0 Å². The van der Waals surface area contributed by atoms with Crippen molar-refractivity contribution in [2.24, 2.45) is 23.7 Å². The Kier molecular flexibility index (Phi) is 4.57. The highest BCUT2D eigenvalue weighted by molar-refractivity contribution is 7.90. The number of anilines is 1. The summed E-state index contributed by atoms with van der Waals surface area (Å²) in [6.45, 7) is 1.09. The van der Waals surface area contributed by atoms with Gasteiger partial charge in [-0.2, -0.15) is 0 Å². The number of carboxylic acid groups (broad SMARTS) is 1. The standard InChI is InChI=1S/C17H18N2O6S/c1-9(20)19-26(24,25)13-6-4-12(5-7-13)18-16(21)14-10-2-3-11(8-10)15(14)17(22)23/h2-7,10-11,14-15H,8H2,1H3,(H,18,21)(H,19,20)(H,22,23)/p-1/t10-,11-,14-,15-/m0/s1. The Labute approximate surface area is 150 Å². The molecule has 0 unspecified atom stereocenters. The number of fused-ring (bicyclic) bond motifs is 2. The molecule has 8 nitrogen and oxygen atoms in total. The molecule has 0 aliphatic heterocycles. The lowest BCUT2D eigenvalue weighted by atomic mass is 9.82. The molecule has 138 valence electrons. The van der Waals surface area contributed by atoms with Crippen molar-refractivity contribution in [2.45, 2.75) is 18.2 Å². The van der Waals surface area contributed by atoms with E-state index in [4.69, 9.17) is 0 Å². The number of benzene rings is 1. The zero-order valence-electron chi connectivity index (χ0n) is 13.8. The summed E-state index contributed by atoms with van der Waals surface area (Å²) < 4.78 is 25.6. The largest absolute Gasteiger partial charge is 0.550 e. The first kappa shape index (κ1) is 18.1. The summed E-state index contributed by atoms with van der Waals surface area (Å²) in [6.07, 6.45) is 4.29. The van der Waals surface area contributed by atoms with Crippen molar-refractivity contribution in [3.05, 3.63) is 36.4 Å². The van der Waals surface area contributed by atoms with Gasteiger partial charge in [-0.3, -0.25) is 9.59 Å². The molecule has 1 fully saturated rings. The fourth-order valence-corrected chi connectivity index (χ4v) is 4.68. The normalized spacial score (nSPS) is 26.5. The summed E-state index contributed by atoms with van der Waals surface area (Å²) in [7, 11) is -3.95. The molecule has 1 aromatic carbocycles. The minimum Gasteiger partial charge on any atom is -0.550 e. The fraction of sp³-hybridized carbons (Fsp3) is 0.353. The molecular formula is C17H17N2O6S-. The Balaban J connectivity index is 1.73. The summed E-state index contributed by atoms with van der Waals surface area (Å²) in [5.41, 5.74) is 0.334. The summed E-state index contributed by atoms with van der Waals surface area (Å²) in [6, 6.07) is 5.25. The number of carbonyl (C=O) groups is 3. The third-order valence-corrected chi connectivity index (χ3v) is 6.19. The van der Waals surface area contributed by atoms with Crippen LogP contribution >= 0.6 is 0 Å². The van der Waals surface area contributed by atoms with E-state index in [1.165, 1.54) is 24.3 Å². The van der Waals surface area contributed by atoms with Crippen LogP contribution in [0.5, 0.6) is 0 Å². The van der Waals surface area contributed by atoms with Crippen molar-refractivity contribution in [1.82, 2.24) is 4.72 Å². The number of hydrogen-bond donors (Lipinski definition) is 2. The quantitative estimate of drug-likeness (QED) is 0.673. The highest BCUT2D eigenvalue weighted by Gasteiger charge is 2.48. The van der Waals surface area contributed by atoms with Gasteiger partial charge in [0.2, 0.25) is 11.8 Å². The SMILES string of the molecule is CC(=O)NS(=O)(=O)c1ccc(NC(=O)[C@@H]2[C@@H](C(=O)[O-])[C@H]3C=C[C@H]2C3)cc1. The summed E-state index contributed by atoms with van der Waals surface area (Å²) >= 11 is 0. The Morgan fingerprint density at radius 2 is 1.62 bits per heavy atom. The number of amides is 2. The van der Waals surface area contributed by atoms with Gasteiger partial charge in [-0.05, 0) is 42.5 Å². The molecule has 0 radical (unpaired) electrons. The second-order valence-corrected chi connectivity index (χ2v) is 8.18. The number of allylic oxidation sites excluding steroid dienone is 2. The van der Waals surface area contributed by atoms with E-state index in [-0.39, 0.29) is 16.7 Å². The third-order valence-electron chi connectivity index (χ3n) is 4.74. The number of carbonyl (C=O) groups excluding carboxylic acids is 3. The molecule has 26 heavy (non-hydrogen) atoms. The van der Waals surface area contributed by atoms with Crippen LogP contribution in [0.4, 0.5) is 5.69 Å². The molecule has 0 saturated heterocycles. The van der Waals surface area contributed by atoms with Crippen LogP contribution in [-0.4, -0.2) is 26.2 Å². The minimum atomic E-state index is -3.95. The van der Waals surface area contributed by atoms with Gasteiger partial charge in [-0.25, -0.2) is 13.1 Å². The molecule has 0 spiro atoms. The lowest BCUT2D eigenvalue weighted by molar-refractivity contribution is -0.313. The Morgan fingerprint density at radius 3 is 2.15 bits per heavy atom. The highest BCUT2D eigenvalue weighted by atomic mass is 32.2. The predicted molar refractivity (Wildman–Crippen MR) is 88.8 cm³/mol. The van der Waals surface area contributed by atoms with Crippen LogP contribution in [0.1, 0.15) is 13.3 Å². The molecule has 0 aromatic heterocycles. The van der Waals surface area contributed by atoms with E-state index in [9.17, 15) is 27.9 Å². The maximum Gasteiger partial charge on any atom is 0.264 e. The number of hydrogen-bond acceptors (Lipinski definition) is 6. The Bertz CT molecular complexity index is 890. The molecule has 2 amide bonds. The van der Waals surface area contributed by atoms with Gasteiger partial charge in [0.25, 0.3) is 10.0 Å². The van der Waals surface area contributed by atoms with E-state index < -0.39 is 39.6 Å². The van der Waals surface area contributed by atoms with Crippen LogP contribution < -0.4 is 15.1 Å². The predicted octanol–water partition coefficient (Wildman–Crippen LogP) is -0.362. The van der Waals surface area contributed by atoms with E-state index in [0.29, 0.717) is 12.1 Å². The van der Waals surface area contributed by atoms with Crippen molar-refractivity contribution < 1.29 is 27.9 Å². The third kappa shape index (κ3) is 3.34. The van der Waals surface area contributed by atoms with Crippen LogP contribution in [0.15, 0.2) is 41.3 Å². The molecule has 2 N–H and O–H groups in total. The average molecular weight is 377 g/mol. The fourth-order valence-electron chi connectivity index (χ4n) is 3.69. The molecule has 9 heteroatoms. The minimum absolute atomic E-state index is 0.124. The van der Waals surface area contributed by atoms with E-state index >= 15 is 0 Å². The van der Waals surface area contributed by atoms with Crippen LogP contribution in [0.25, 0.3) is 0 Å². The molecular weight excluding hydrogens is 360 g/mol. The summed E-state index contributed by atoms with van der Waals surface area (Å²) in [4.78, 5) is 34.7.